The van der Waals surface area contributed by atoms with Crippen LogP contribution < -0.4 is 11.1 Å². The minimum atomic E-state index is -0.298. The molecule has 152 valence electrons. The predicted molar refractivity (Wildman–Crippen MR) is 109 cm³/mol. The van der Waals surface area contributed by atoms with Crippen molar-refractivity contribution in [2.75, 3.05) is 37.4 Å². The molecule has 2 aromatic rings. The van der Waals surface area contributed by atoms with Crippen molar-refractivity contribution < 1.29 is 13.9 Å². The van der Waals surface area contributed by atoms with Crippen molar-refractivity contribution in [1.29, 1.82) is 0 Å². The third-order valence-corrected chi connectivity index (χ3v) is 6.54. The highest BCUT2D eigenvalue weighted by atomic mass is 19.1. The van der Waals surface area contributed by atoms with Gasteiger partial charge in [-0.2, -0.15) is 0 Å². The van der Waals surface area contributed by atoms with E-state index in [-0.39, 0.29) is 17.6 Å². The number of rotatable bonds is 4. The maximum Gasteiger partial charge on any atom is 0.229 e. The minimum Gasteiger partial charge on any atom is -0.396 e. The molecule has 0 spiro atoms. The maximum absolute atomic E-state index is 13.2. The second-order valence-corrected chi connectivity index (χ2v) is 8.28. The molecular formula is C22H25FN4O2. The summed E-state index contributed by atoms with van der Waals surface area (Å²) in [5, 5.41) is 2.93. The molecule has 1 amide bonds. The zero-order chi connectivity index (χ0) is 20.0. The van der Waals surface area contributed by atoms with Gasteiger partial charge in [0.05, 0.1) is 11.4 Å². The van der Waals surface area contributed by atoms with Crippen LogP contribution in [0.5, 0.6) is 0 Å². The summed E-state index contributed by atoms with van der Waals surface area (Å²) in [5.41, 5.74) is 7.89. The van der Waals surface area contributed by atoms with Gasteiger partial charge in [0.1, 0.15) is 5.82 Å². The van der Waals surface area contributed by atoms with E-state index >= 15 is 0 Å². The molecule has 1 aliphatic carbocycles. The van der Waals surface area contributed by atoms with Crippen molar-refractivity contribution in [2.24, 2.45) is 17.8 Å². The normalized spacial score (nSPS) is 26.9. The fraction of sp³-hybridized carbons (Fsp3) is 0.455. The second kappa shape index (κ2) is 7.39. The van der Waals surface area contributed by atoms with E-state index in [4.69, 9.17) is 10.5 Å². The quantitative estimate of drug-likeness (QED) is 0.831. The lowest BCUT2D eigenvalue weighted by molar-refractivity contribution is -0.118. The molecule has 1 aromatic carbocycles. The van der Waals surface area contributed by atoms with Gasteiger partial charge in [-0.1, -0.05) is 0 Å². The number of anilines is 2. The largest absolute Gasteiger partial charge is 0.396 e. The van der Waals surface area contributed by atoms with Gasteiger partial charge in [0.15, 0.2) is 5.82 Å². The number of nitrogen functional groups attached to an aromatic ring is 1. The number of halogens is 1. The van der Waals surface area contributed by atoms with Crippen molar-refractivity contribution >= 4 is 17.4 Å². The van der Waals surface area contributed by atoms with E-state index in [9.17, 15) is 9.18 Å². The van der Waals surface area contributed by atoms with Crippen molar-refractivity contribution in [2.45, 2.75) is 18.9 Å². The third kappa shape index (κ3) is 3.60. The van der Waals surface area contributed by atoms with Crippen molar-refractivity contribution in [3.8, 4) is 11.3 Å². The molecule has 5 rings (SSSR count). The molecular weight excluding hydrogens is 371 g/mol. The number of pyridine rings is 1. The van der Waals surface area contributed by atoms with Crippen molar-refractivity contribution in [3.63, 3.8) is 0 Å². The Morgan fingerprint density at radius 1 is 1.10 bits per heavy atom. The highest BCUT2D eigenvalue weighted by Gasteiger charge is 2.60. The van der Waals surface area contributed by atoms with Crippen LogP contribution in [0.25, 0.3) is 11.3 Å². The van der Waals surface area contributed by atoms with Gasteiger partial charge in [-0.25, -0.2) is 9.37 Å². The highest BCUT2D eigenvalue weighted by Crippen LogP contribution is 2.53. The molecule has 3 atom stereocenters. The number of aromatic nitrogens is 1. The fourth-order valence-corrected chi connectivity index (χ4v) is 4.85. The number of nitrogens with two attached hydrogens (primary N) is 1. The first-order valence-corrected chi connectivity index (χ1v) is 10.3. The smallest absolute Gasteiger partial charge is 0.229 e. The number of carbonyl (C=O) groups is 1. The summed E-state index contributed by atoms with van der Waals surface area (Å²) in [7, 11) is 0. The van der Waals surface area contributed by atoms with Crippen LogP contribution in [-0.2, 0) is 9.53 Å². The van der Waals surface area contributed by atoms with E-state index in [2.05, 4.69) is 15.2 Å². The van der Waals surface area contributed by atoms with Gasteiger partial charge in [-0.05, 0) is 61.1 Å². The number of fused-ring (bicyclic) bond motifs is 1. The van der Waals surface area contributed by atoms with E-state index in [0.717, 1.165) is 44.7 Å². The maximum atomic E-state index is 13.2. The minimum absolute atomic E-state index is 0.00193. The molecule has 2 aliphatic heterocycles. The van der Waals surface area contributed by atoms with Gasteiger partial charge < -0.3 is 15.8 Å². The number of ether oxygens (including phenoxy) is 1. The molecule has 3 aliphatic rings. The molecule has 1 saturated carbocycles. The lowest BCUT2D eigenvalue weighted by Crippen LogP contribution is -2.40. The van der Waals surface area contributed by atoms with Gasteiger partial charge in [-0.15, -0.1) is 0 Å². The number of likely N-dealkylation sites (tertiary alicyclic amines) is 1. The summed E-state index contributed by atoms with van der Waals surface area (Å²) >= 11 is 0. The number of nitrogens with zero attached hydrogens (tertiary/aromatic N) is 2. The molecule has 1 aromatic heterocycles. The second-order valence-electron chi connectivity index (χ2n) is 8.28. The first kappa shape index (κ1) is 18.5. The van der Waals surface area contributed by atoms with E-state index in [0.29, 0.717) is 35.1 Å². The Morgan fingerprint density at radius 3 is 2.48 bits per heavy atom. The highest BCUT2D eigenvalue weighted by molar-refractivity contribution is 5.96. The lowest BCUT2D eigenvalue weighted by atomic mass is 10.1. The van der Waals surface area contributed by atoms with Gasteiger partial charge in [0.25, 0.3) is 0 Å². The van der Waals surface area contributed by atoms with Crippen LogP contribution in [0.1, 0.15) is 12.8 Å². The molecule has 29 heavy (non-hydrogen) atoms. The number of benzene rings is 1. The van der Waals surface area contributed by atoms with Gasteiger partial charge >= 0.3 is 0 Å². The van der Waals surface area contributed by atoms with Crippen LogP contribution in [0.3, 0.4) is 0 Å². The van der Waals surface area contributed by atoms with Gasteiger partial charge in [0.2, 0.25) is 5.91 Å². The van der Waals surface area contributed by atoms with Crippen molar-refractivity contribution in [3.05, 3.63) is 42.2 Å². The van der Waals surface area contributed by atoms with E-state index in [1.165, 1.54) is 12.1 Å². The average Bonchev–Trinajstić information content (AvgIpc) is 3.25. The molecule has 3 fully saturated rings. The Kier molecular flexibility index (Phi) is 4.72. The van der Waals surface area contributed by atoms with Crippen LogP contribution >= 0.6 is 0 Å². The summed E-state index contributed by atoms with van der Waals surface area (Å²) in [6.07, 6.45) is 2.18. The van der Waals surface area contributed by atoms with Gasteiger partial charge in [-0.3, -0.25) is 9.69 Å². The summed E-state index contributed by atoms with van der Waals surface area (Å²) in [4.78, 5) is 19.9. The van der Waals surface area contributed by atoms with Crippen LogP contribution in [-0.4, -0.2) is 48.1 Å². The summed E-state index contributed by atoms with van der Waals surface area (Å²) in [6.45, 7) is 3.67. The first-order chi connectivity index (χ1) is 14.1. The van der Waals surface area contributed by atoms with E-state index in [1.807, 2.05) is 0 Å². The summed E-state index contributed by atoms with van der Waals surface area (Å²) in [6, 6.07) is 10.2. The number of hydrogen-bond donors (Lipinski definition) is 2. The molecule has 2 saturated heterocycles. The first-order valence-electron chi connectivity index (χ1n) is 10.3. The molecule has 6 nitrogen and oxygen atoms in total. The molecule has 3 heterocycles. The Morgan fingerprint density at radius 2 is 1.79 bits per heavy atom. The molecule has 7 heteroatoms. The van der Waals surface area contributed by atoms with Crippen LogP contribution in [0.15, 0.2) is 36.4 Å². The van der Waals surface area contributed by atoms with Gasteiger partial charge in [0, 0.05) is 43.8 Å². The Labute approximate surface area is 169 Å². The van der Waals surface area contributed by atoms with Crippen LogP contribution in [0, 0.1) is 23.6 Å². The molecule has 0 bridgehead atoms. The summed E-state index contributed by atoms with van der Waals surface area (Å²) < 4.78 is 18.6. The zero-order valence-corrected chi connectivity index (χ0v) is 16.2. The fourth-order valence-electron chi connectivity index (χ4n) is 4.85. The number of nitrogens with one attached hydrogen (secondary N) is 1. The summed E-state index contributed by atoms with van der Waals surface area (Å²) in [5.74, 6) is 0.985. The van der Waals surface area contributed by atoms with E-state index < -0.39 is 0 Å². The number of piperidine rings is 1. The Hall–Kier alpha value is -2.51. The number of hydrogen-bond acceptors (Lipinski definition) is 5. The molecule has 0 radical (unpaired) electrons. The Balaban J connectivity index is 1.23. The predicted octanol–water partition coefficient (Wildman–Crippen LogP) is 2.77. The zero-order valence-electron chi connectivity index (χ0n) is 16.2. The van der Waals surface area contributed by atoms with Crippen LogP contribution in [0.2, 0.25) is 0 Å². The SMILES string of the molecule is Nc1ccc(-c2ccc(F)cc2)nc1NC(=O)C1[C@H]2CN(C3CCOCC3)C[C@@H]12. The average molecular weight is 396 g/mol. The van der Waals surface area contributed by atoms with Crippen molar-refractivity contribution in [1.82, 2.24) is 9.88 Å². The third-order valence-electron chi connectivity index (χ3n) is 6.54. The molecule has 3 N–H and O–H groups in total. The van der Waals surface area contributed by atoms with E-state index in [1.54, 1.807) is 24.3 Å². The molecule has 1 unspecified atom stereocenters. The lowest BCUT2D eigenvalue weighted by Gasteiger charge is -2.32. The topological polar surface area (TPSA) is 80.5 Å². The Bertz CT molecular complexity index is 902. The number of amides is 1. The standard InChI is InChI=1S/C22H25FN4O2/c23-14-3-1-13(2-4-14)19-6-5-18(24)21(25-19)26-22(28)20-16-11-27(12-17(16)20)15-7-9-29-10-8-15/h1-6,15-17,20H,7-12,24H2,(H,25,26,28)/t16-,17+,20?. The number of carbonyl (C=O) groups excluding carboxylic acids is 1. The van der Waals surface area contributed by atoms with Crippen LogP contribution in [0.4, 0.5) is 15.9 Å². The monoisotopic (exact) mass is 396 g/mol.